The van der Waals surface area contributed by atoms with Gasteiger partial charge in [-0.25, -0.2) is 12.8 Å². The number of nitrogens with zero attached hydrogens (tertiary/aromatic N) is 2. The maximum atomic E-state index is 13.9. The molecule has 2 amide bonds. The van der Waals surface area contributed by atoms with E-state index in [9.17, 15) is 22.4 Å². The van der Waals surface area contributed by atoms with Gasteiger partial charge in [-0.2, -0.15) is 0 Å². The summed E-state index contributed by atoms with van der Waals surface area (Å²) in [5.41, 5.74) is 1.75. The quantitative estimate of drug-likeness (QED) is 0.227. The van der Waals surface area contributed by atoms with Gasteiger partial charge in [-0.1, -0.05) is 72.6 Å². The first kappa shape index (κ1) is 33.4. The maximum absolute atomic E-state index is 13.9. The first-order valence-corrected chi connectivity index (χ1v) is 16.3. The molecular formula is C31H36Cl2FN3O4S. The number of rotatable bonds is 14. The highest BCUT2D eigenvalue weighted by Crippen LogP contribution is 2.31. The van der Waals surface area contributed by atoms with Gasteiger partial charge in [-0.3, -0.25) is 13.9 Å². The summed E-state index contributed by atoms with van der Waals surface area (Å²) in [5, 5.41) is 3.53. The first-order chi connectivity index (χ1) is 19.9. The molecule has 3 aromatic carbocycles. The van der Waals surface area contributed by atoms with Gasteiger partial charge in [-0.15, -0.1) is 0 Å². The molecule has 0 unspecified atom stereocenters. The van der Waals surface area contributed by atoms with Gasteiger partial charge in [0.25, 0.3) is 0 Å². The fourth-order valence-corrected chi connectivity index (χ4v) is 5.85. The van der Waals surface area contributed by atoms with Crippen LogP contribution >= 0.6 is 23.2 Å². The Morgan fingerprint density at radius 3 is 2.26 bits per heavy atom. The van der Waals surface area contributed by atoms with Crippen LogP contribution in [0.5, 0.6) is 0 Å². The van der Waals surface area contributed by atoms with Crippen LogP contribution in [0.25, 0.3) is 0 Å². The van der Waals surface area contributed by atoms with Gasteiger partial charge in [-0.05, 0) is 61.2 Å². The van der Waals surface area contributed by atoms with Crippen molar-refractivity contribution < 1.29 is 22.4 Å². The molecule has 0 saturated carbocycles. The van der Waals surface area contributed by atoms with Crippen molar-refractivity contribution in [1.29, 1.82) is 0 Å². The van der Waals surface area contributed by atoms with Crippen molar-refractivity contribution in [3.05, 3.63) is 99.8 Å². The molecule has 0 radical (unpaired) electrons. The minimum atomic E-state index is -3.75. The number of benzene rings is 3. The Morgan fingerprint density at radius 2 is 1.64 bits per heavy atom. The van der Waals surface area contributed by atoms with Crippen LogP contribution in [0.2, 0.25) is 10.0 Å². The van der Waals surface area contributed by atoms with Crippen LogP contribution in [0.15, 0.2) is 72.8 Å². The van der Waals surface area contributed by atoms with Gasteiger partial charge in [0, 0.05) is 37.0 Å². The number of halogens is 3. The zero-order valence-corrected chi connectivity index (χ0v) is 26.2. The van der Waals surface area contributed by atoms with E-state index >= 15 is 0 Å². The van der Waals surface area contributed by atoms with Crippen LogP contribution in [0, 0.1) is 5.82 Å². The first-order valence-electron chi connectivity index (χ1n) is 13.7. The number of carbonyl (C=O) groups is 2. The molecule has 0 aliphatic carbocycles. The number of anilines is 1. The van der Waals surface area contributed by atoms with Crippen LogP contribution in [-0.2, 0) is 32.6 Å². The minimum Gasteiger partial charge on any atom is -0.352 e. The van der Waals surface area contributed by atoms with E-state index in [2.05, 4.69) is 5.32 Å². The second-order valence-corrected chi connectivity index (χ2v) is 13.0. The predicted octanol–water partition coefficient (Wildman–Crippen LogP) is 6.23. The molecule has 0 heterocycles. The molecule has 0 aromatic heterocycles. The lowest BCUT2D eigenvalue weighted by Gasteiger charge is -2.32. The second-order valence-electron chi connectivity index (χ2n) is 10.2. The Bertz CT molecular complexity index is 1460. The predicted molar refractivity (Wildman–Crippen MR) is 167 cm³/mol. The zero-order chi connectivity index (χ0) is 30.9. The third-order valence-corrected chi connectivity index (χ3v) is 8.60. The summed E-state index contributed by atoms with van der Waals surface area (Å²) in [7, 11) is -3.75. The summed E-state index contributed by atoms with van der Waals surface area (Å²) in [5.74, 6) is -1.05. The third kappa shape index (κ3) is 9.71. The van der Waals surface area contributed by atoms with Crippen molar-refractivity contribution in [2.75, 3.05) is 17.1 Å². The average Bonchev–Trinajstić information content (AvgIpc) is 2.95. The molecule has 0 fully saturated rings. The van der Waals surface area contributed by atoms with Crippen LogP contribution in [0.1, 0.15) is 44.2 Å². The molecule has 226 valence electrons. The summed E-state index contributed by atoms with van der Waals surface area (Å²) in [6.07, 6.45) is 2.14. The largest absolute Gasteiger partial charge is 0.352 e. The van der Waals surface area contributed by atoms with Crippen molar-refractivity contribution in [2.45, 2.75) is 58.2 Å². The molecule has 0 saturated heterocycles. The molecule has 42 heavy (non-hydrogen) atoms. The molecular weight excluding hydrogens is 600 g/mol. The van der Waals surface area contributed by atoms with Gasteiger partial charge in [0.05, 0.1) is 17.0 Å². The van der Waals surface area contributed by atoms with Gasteiger partial charge in [0.2, 0.25) is 21.8 Å². The van der Waals surface area contributed by atoms with Crippen LogP contribution in [0.3, 0.4) is 0 Å². The van der Waals surface area contributed by atoms with E-state index in [4.69, 9.17) is 23.2 Å². The molecule has 1 N–H and O–H groups in total. The van der Waals surface area contributed by atoms with Crippen LogP contribution in [0.4, 0.5) is 10.1 Å². The molecule has 3 aromatic rings. The SMILES string of the molecule is CC[C@H](C)NC(=O)[C@H](Cc1ccccc1)N(Cc1ccc(F)cc1)C(=O)CCCN(c1cc(Cl)ccc1Cl)S(C)(=O)=O. The summed E-state index contributed by atoms with van der Waals surface area (Å²) in [6.45, 7) is 3.89. The Kier molecular flexibility index (Phi) is 12.2. The van der Waals surface area contributed by atoms with Crippen LogP contribution < -0.4 is 9.62 Å². The smallest absolute Gasteiger partial charge is 0.243 e. The molecule has 0 bridgehead atoms. The Labute approximate surface area is 257 Å². The lowest BCUT2D eigenvalue weighted by atomic mass is 10.0. The topological polar surface area (TPSA) is 86.8 Å². The van der Waals surface area contributed by atoms with Crippen molar-refractivity contribution in [3.8, 4) is 0 Å². The third-order valence-electron chi connectivity index (χ3n) is 6.87. The van der Waals surface area contributed by atoms with E-state index in [1.54, 1.807) is 18.2 Å². The summed E-state index contributed by atoms with van der Waals surface area (Å²) >= 11 is 12.4. The van der Waals surface area contributed by atoms with Gasteiger partial charge in [0.15, 0.2) is 0 Å². The van der Waals surface area contributed by atoms with Crippen LogP contribution in [-0.4, -0.2) is 50.0 Å². The summed E-state index contributed by atoms with van der Waals surface area (Å²) in [4.78, 5) is 28.9. The highest BCUT2D eigenvalue weighted by Gasteiger charge is 2.31. The Morgan fingerprint density at radius 1 is 0.976 bits per heavy atom. The fraction of sp³-hybridized carbons (Fsp3) is 0.355. The van der Waals surface area contributed by atoms with E-state index in [0.717, 1.165) is 16.1 Å². The van der Waals surface area contributed by atoms with Crippen molar-refractivity contribution in [3.63, 3.8) is 0 Å². The monoisotopic (exact) mass is 635 g/mol. The van der Waals surface area contributed by atoms with Crippen molar-refractivity contribution >= 4 is 50.7 Å². The highest BCUT2D eigenvalue weighted by molar-refractivity contribution is 7.92. The number of nitrogens with one attached hydrogen (secondary N) is 1. The Hall–Kier alpha value is -3.14. The zero-order valence-electron chi connectivity index (χ0n) is 23.9. The van der Waals surface area contributed by atoms with E-state index < -0.39 is 21.9 Å². The van der Waals surface area contributed by atoms with Gasteiger partial charge >= 0.3 is 0 Å². The van der Waals surface area contributed by atoms with Crippen molar-refractivity contribution in [1.82, 2.24) is 10.2 Å². The maximum Gasteiger partial charge on any atom is 0.243 e. The molecule has 0 aliphatic rings. The lowest BCUT2D eigenvalue weighted by Crippen LogP contribution is -2.52. The van der Waals surface area contributed by atoms with Crippen molar-refractivity contribution in [2.24, 2.45) is 0 Å². The Balaban J connectivity index is 1.90. The van der Waals surface area contributed by atoms with E-state index in [-0.39, 0.29) is 60.9 Å². The highest BCUT2D eigenvalue weighted by atomic mass is 35.5. The van der Waals surface area contributed by atoms with E-state index in [1.165, 1.54) is 29.2 Å². The molecule has 0 aliphatic heterocycles. The van der Waals surface area contributed by atoms with E-state index in [0.29, 0.717) is 17.0 Å². The normalized spacial score (nSPS) is 12.8. The number of sulfonamides is 1. The second kappa shape index (κ2) is 15.4. The average molecular weight is 637 g/mol. The summed E-state index contributed by atoms with van der Waals surface area (Å²) < 4.78 is 40.1. The van der Waals surface area contributed by atoms with E-state index in [1.807, 2.05) is 44.2 Å². The number of amides is 2. The minimum absolute atomic E-state index is 0.0303. The molecule has 0 spiro atoms. The summed E-state index contributed by atoms with van der Waals surface area (Å²) in [6, 6.07) is 18.7. The molecule has 11 heteroatoms. The number of hydrogen-bond acceptors (Lipinski definition) is 4. The number of hydrogen-bond donors (Lipinski definition) is 1. The molecule has 2 atom stereocenters. The fourth-order valence-electron chi connectivity index (χ4n) is 4.44. The molecule has 3 rings (SSSR count). The van der Waals surface area contributed by atoms with Gasteiger partial charge in [0.1, 0.15) is 11.9 Å². The molecule has 7 nitrogen and oxygen atoms in total. The van der Waals surface area contributed by atoms with Gasteiger partial charge < -0.3 is 10.2 Å². The standard InChI is InChI=1S/C31H36Cl2FN3O4S/c1-4-22(2)35-31(39)29(19-23-9-6-5-7-10-23)36(21-24-12-15-26(34)16-13-24)30(38)11-8-18-37(42(3,40)41)28-20-25(32)14-17-27(28)33/h5-7,9-10,12-17,20,22,29H,4,8,11,18-19,21H2,1-3H3,(H,35,39)/t22-,29-/m0/s1. The lowest BCUT2D eigenvalue weighted by molar-refractivity contribution is -0.141. The number of carbonyl (C=O) groups excluding carboxylic acids is 2.